The number of anilines is 1. The van der Waals surface area contributed by atoms with E-state index in [1.54, 1.807) is 12.1 Å². The van der Waals surface area contributed by atoms with Crippen LogP contribution in [0.2, 0.25) is 0 Å². The van der Waals surface area contributed by atoms with Crippen LogP contribution in [-0.4, -0.2) is 56.8 Å². The maximum absolute atomic E-state index is 13.0. The summed E-state index contributed by atoms with van der Waals surface area (Å²) in [5, 5.41) is 13.4. The Morgan fingerprint density at radius 3 is 2.76 bits per heavy atom. The average molecular weight is 419 g/mol. The van der Waals surface area contributed by atoms with Gasteiger partial charge in [-0.1, -0.05) is 0 Å². The lowest BCUT2D eigenvalue weighted by Crippen LogP contribution is -2.36. The highest BCUT2D eigenvalue weighted by Gasteiger charge is 2.25. The standard InChI is InChI=1S/C18H22N5O5P/c1-28-14-10-13-11-20-23(15(24)2-6-19)18(25)16(13)17(21-14)22-7-3-12(4-8-22)5-9-29(26)27/h10-12,26-27H,2-5,7-9H2,1H3. The molecule has 3 rings (SSSR count). The van der Waals surface area contributed by atoms with Gasteiger partial charge in [0, 0.05) is 30.7 Å². The van der Waals surface area contributed by atoms with E-state index >= 15 is 0 Å². The zero-order valence-electron chi connectivity index (χ0n) is 16.0. The Morgan fingerprint density at radius 2 is 2.14 bits per heavy atom. The summed E-state index contributed by atoms with van der Waals surface area (Å²) in [6.07, 6.45) is 3.76. The Balaban J connectivity index is 1.96. The summed E-state index contributed by atoms with van der Waals surface area (Å²) < 4.78 is 5.97. The van der Waals surface area contributed by atoms with Crippen LogP contribution in [0.3, 0.4) is 0 Å². The molecule has 0 bridgehead atoms. The molecule has 3 heterocycles. The molecule has 2 N–H and O–H groups in total. The van der Waals surface area contributed by atoms with E-state index in [1.165, 1.54) is 13.3 Å². The summed E-state index contributed by atoms with van der Waals surface area (Å²) in [6, 6.07) is 3.32. The largest absolute Gasteiger partial charge is 0.481 e. The minimum Gasteiger partial charge on any atom is -0.481 e. The highest BCUT2D eigenvalue weighted by atomic mass is 31.2. The summed E-state index contributed by atoms with van der Waals surface area (Å²) in [7, 11) is -0.393. The Morgan fingerprint density at radius 1 is 1.41 bits per heavy atom. The van der Waals surface area contributed by atoms with Crippen LogP contribution >= 0.6 is 8.38 Å². The van der Waals surface area contributed by atoms with Gasteiger partial charge in [-0.05, 0) is 25.2 Å². The van der Waals surface area contributed by atoms with E-state index in [-0.39, 0.29) is 5.39 Å². The van der Waals surface area contributed by atoms with Crippen LogP contribution in [0, 0.1) is 17.2 Å². The number of ether oxygens (including phenoxy) is 1. The maximum Gasteiger partial charge on any atom is 0.285 e. The highest BCUT2D eigenvalue weighted by Crippen LogP contribution is 2.33. The molecule has 11 heteroatoms. The van der Waals surface area contributed by atoms with Crippen LogP contribution in [0.25, 0.3) is 10.8 Å². The van der Waals surface area contributed by atoms with E-state index in [9.17, 15) is 9.59 Å². The summed E-state index contributed by atoms with van der Waals surface area (Å²) in [4.78, 5) is 49.7. The van der Waals surface area contributed by atoms with Gasteiger partial charge in [-0.15, -0.1) is 0 Å². The van der Waals surface area contributed by atoms with E-state index in [2.05, 4.69) is 10.1 Å². The number of carbonyl (C=O) groups is 1. The first-order valence-corrected chi connectivity index (χ1v) is 10.6. The summed E-state index contributed by atoms with van der Waals surface area (Å²) in [6.45, 7) is 1.28. The summed E-state index contributed by atoms with van der Waals surface area (Å²) in [5.74, 6) is 0.450. The predicted molar refractivity (Wildman–Crippen MR) is 107 cm³/mol. The molecule has 29 heavy (non-hydrogen) atoms. The monoisotopic (exact) mass is 419 g/mol. The molecular weight excluding hydrogens is 397 g/mol. The summed E-state index contributed by atoms with van der Waals surface area (Å²) in [5.41, 5.74) is -0.610. The molecule has 1 aliphatic heterocycles. The van der Waals surface area contributed by atoms with E-state index < -0.39 is 26.3 Å². The molecule has 2 aromatic heterocycles. The van der Waals surface area contributed by atoms with Gasteiger partial charge in [0.15, 0.2) is 8.38 Å². The normalized spacial score (nSPS) is 14.9. The lowest BCUT2D eigenvalue weighted by molar-refractivity contribution is 0.0898. The van der Waals surface area contributed by atoms with Crippen LogP contribution in [-0.2, 0) is 0 Å². The smallest absolute Gasteiger partial charge is 0.285 e. The van der Waals surface area contributed by atoms with Gasteiger partial charge < -0.3 is 19.4 Å². The van der Waals surface area contributed by atoms with Crippen LogP contribution in [0.5, 0.6) is 5.88 Å². The van der Waals surface area contributed by atoms with E-state index in [1.807, 2.05) is 4.90 Å². The molecule has 1 saturated heterocycles. The molecule has 2 aromatic rings. The molecule has 0 aromatic carbocycles. The number of nitriles is 1. The minimum absolute atomic E-state index is 0.264. The number of pyridine rings is 1. The van der Waals surface area contributed by atoms with Crippen molar-refractivity contribution in [3.05, 3.63) is 22.6 Å². The van der Waals surface area contributed by atoms with Crippen molar-refractivity contribution in [2.45, 2.75) is 25.7 Å². The molecule has 1 aliphatic rings. The molecule has 0 amide bonds. The predicted octanol–water partition coefficient (Wildman–Crippen LogP) is 1.26. The van der Waals surface area contributed by atoms with Gasteiger partial charge in [-0.25, -0.2) is 0 Å². The topological polar surface area (TPSA) is 142 Å². The molecule has 154 valence electrons. The van der Waals surface area contributed by atoms with Crippen molar-refractivity contribution >= 4 is 30.9 Å². The van der Waals surface area contributed by atoms with Crippen molar-refractivity contribution in [1.82, 2.24) is 14.8 Å². The van der Waals surface area contributed by atoms with Gasteiger partial charge in [-0.3, -0.25) is 9.59 Å². The van der Waals surface area contributed by atoms with Gasteiger partial charge >= 0.3 is 0 Å². The van der Waals surface area contributed by atoms with Gasteiger partial charge in [0.1, 0.15) is 12.2 Å². The van der Waals surface area contributed by atoms with Crippen molar-refractivity contribution in [2.75, 3.05) is 31.3 Å². The van der Waals surface area contributed by atoms with E-state index in [4.69, 9.17) is 19.8 Å². The number of piperidine rings is 1. The van der Waals surface area contributed by atoms with Gasteiger partial charge in [-0.2, -0.15) is 20.0 Å². The molecule has 10 nitrogen and oxygen atoms in total. The lowest BCUT2D eigenvalue weighted by atomic mass is 9.94. The fraction of sp³-hybridized carbons (Fsp3) is 0.500. The molecule has 0 atom stereocenters. The number of carbonyl (C=O) groups excluding carboxylic acids is 1. The number of aromatic nitrogens is 3. The van der Waals surface area contributed by atoms with Gasteiger partial charge in [0.05, 0.1) is 24.8 Å². The van der Waals surface area contributed by atoms with Crippen LogP contribution in [0.1, 0.15) is 30.5 Å². The Kier molecular flexibility index (Phi) is 6.75. The van der Waals surface area contributed by atoms with Crippen molar-refractivity contribution in [2.24, 2.45) is 5.92 Å². The maximum atomic E-state index is 13.0. The van der Waals surface area contributed by atoms with Crippen molar-refractivity contribution < 1.29 is 19.3 Å². The number of rotatable bonds is 6. The molecule has 0 spiro atoms. The zero-order chi connectivity index (χ0) is 21.0. The first kappa shape index (κ1) is 21.1. The zero-order valence-corrected chi connectivity index (χ0v) is 16.9. The Labute approximate surface area is 168 Å². The van der Waals surface area contributed by atoms with E-state index in [0.29, 0.717) is 46.9 Å². The number of hydrogen-bond donors (Lipinski definition) is 2. The molecular formula is C18H22N5O5P. The fourth-order valence-corrected chi connectivity index (χ4v) is 4.11. The second-order valence-corrected chi connectivity index (χ2v) is 8.05. The van der Waals surface area contributed by atoms with E-state index in [0.717, 1.165) is 19.3 Å². The van der Waals surface area contributed by atoms with Gasteiger partial charge in [0.25, 0.3) is 11.5 Å². The lowest BCUT2D eigenvalue weighted by Gasteiger charge is -2.33. The third-order valence-electron chi connectivity index (χ3n) is 5.05. The highest BCUT2D eigenvalue weighted by molar-refractivity contribution is 7.45. The van der Waals surface area contributed by atoms with Crippen LogP contribution < -0.4 is 15.2 Å². The molecule has 0 saturated carbocycles. The molecule has 0 aliphatic carbocycles. The number of methoxy groups -OCH3 is 1. The number of nitrogens with zero attached hydrogens (tertiary/aromatic N) is 5. The third-order valence-corrected chi connectivity index (χ3v) is 5.71. The number of fused-ring (bicyclic) bond motifs is 1. The number of hydrogen-bond acceptors (Lipinski definition) is 9. The Bertz CT molecular complexity index is 995. The fourth-order valence-electron chi connectivity index (χ4n) is 3.51. The Hall–Kier alpha value is -2.60. The van der Waals surface area contributed by atoms with Crippen molar-refractivity contribution in [3.63, 3.8) is 0 Å². The van der Waals surface area contributed by atoms with Gasteiger partial charge in [0.2, 0.25) is 5.88 Å². The second-order valence-electron chi connectivity index (χ2n) is 6.86. The van der Waals surface area contributed by atoms with Crippen molar-refractivity contribution in [3.8, 4) is 11.9 Å². The molecule has 0 unspecified atom stereocenters. The quantitative estimate of drug-likeness (QED) is 0.662. The van der Waals surface area contributed by atoms with Crippen molar-refractivity contribution in [1.29, 1.82) is 5.26 Å². The SMILES string of the molecule is COc1cc2cnn(C(=O)CC#N)c(=O)c2c(N2CCC(CCP(O)O)CC2)n1. The summed E-state index contributed by atoms with van der Waals surface area (Å²) >= 11 is 0. The third kappa shape index (κ3) is 4.70. The molecule has 1 fully saturated rings. The first-order valence-electron chi connectivity index (χ1n) is 9.22. The average Bonchev–Trinajstić information content (AvgIpc) is 2.72. The van der Waals surface area contributed by atoms with Crippen LogP contribution in [0.4, 0.5) is 5.82 Å². The second kappa shape index (κ2) is 9.27. The van der Waals surface area contributed by atoms with Crippen LogP contribution in [0.15, 0.2) is 17.1 Å². The first-order chi connectivity index (χ1) is 13.9. The molecule has 0 radical (unpaired) electrons. The minimum atomic E-state index is -1.88.